The van der Waals surface area contributed by atoms with Crippen LogP contribution < -0.4 is 5.32 Å². The van der Waals surface area contributed by atoms with Crippen LogP contribution in [0.4, 0.5) is 5.69 Å². The minimum Gasteiger partial charge on any atom is -0.320 e. The molecule has 4 rings (SSSR count). The Morgan fingerprint density at radius 1 is 1.03 bits per heavy atom. The molecule has 0 radical (unpaired) electrons. The number of thiazole rings is 1. The van der Waals surface area contributed by atoms with Crippen LogP contribution in [0.5, 0.6) is 0 Å². The summed E-state index contributed by atoms with van der Waals surface area (Å²) in [4.78, 5) is 29.1. The third-order valence-corrected chi connectivity index (χ3v) is 5.73. The maximum absolute atomic E-state index is 13.2. The lowest BCUT2D eigenvalue weighted by Gasteiger charge is -2.12. The number of carbonyl (C=O) groups excluding carboxylic acids is 1. The van der Waals surface area contributed by atoms with Gasteiger partial charge in [-0.25, -0.2) is 15.0 Å². The molecule has 2 aromatic heterocycles. The van der Waals surface area contributed by atoms with Gasteiger partial charge in [-0.2, -0.15) is 0 Å². The molecule has 0 aliphatic rings. The first kappa shape index (κ1) is 21.8. The molecule has 0 saturated carbocycles. The maximum Gasteiger partial charge on any atom is 0.274 e. The fourth-order valence-corrected chi connectivity index (χ4v) is 4.03. The van der Waals surface area contributed by atoms with E-state index in [-0.39, 0.29) is 5.91 Å². The first-order valence-electron chi connectivity index (χ1n) is 10.5. The number of aromatic nitrogens is 3. The van der Waals surface area contributed by atoms with Gasteiger partial charge in [-0.3, -0.25) is 4.79 Å². The van der Waals surface area contributed by atoms with E-state index < -0.39 is 0 Å². The van der Waals surface area contributed by atoms with Crippen molar-refractivity contribution in [2.24, 2.45) is 0 Å². The highest BCUT2D eigenvalue weighted by atomic mass is 32.1. The molecule has 0 saturated heterocycles. The Hall–Kier alpha value is -3.42. The van der Waals surface area contributed by atoms with Crippen molar-refractivity contribution >= 4 is 22.9 Å². The summed E-state index contributed by atoms with van der Waals surface area (Å²) < 4.78 is 0. The van der Waals surface area contributed by atoms with Gasteiger partial charge in [0.25, 0.3) is 5.91 Å². The summed E-state index contributed by atoms with van der Waals surface area (Å²) in [6, 6.07) is 19.2. The molecule has 0 bridgehead atoms. The van der Waals surface area contributed by atoms with Gasteiger partial charge >= 0.3 is 0 Å². The Labute approximate surface area is 192 Å². The van der Waals surface area contributed by atoms with E-state index in [2.05, 4.69) is 20.2 Å². The number of rotatable bonds is 8. The molecule has 0 fully saturated rings. The van der Waals surface area contributed by atoms with Gasteiger partial charge in [0.15, 0.2) is 5.82 Å². The SMILES string of the molecule is CN(C)CCCc1cc(C(=O)Nc2ccccc2-c2nccs2)nc(-c2ccccc2)n1. The van der Waals surface area contributed by atoms with Gasteiger partial charge in [-0.1, -0.05) is 42.5 Å². The van der Waals surface area contributed by atoms with Crippen molar-refractivity contribution in [1.82, 2.24) is 19.9 Å². The monoisotopic (exact) mass is 443 g/mol. The second kappa shape index (κ2) is 10.3. The van der Waals surface area contributed by atoms with Crippen molar-refractivity contribution in [3.8, 4) is 22.0 Å². The van der Waals surface area contributed by atoms with Crippen LogP contribution in [-0.4, -0.2) is 46.4 Å². The molecule has 0 unspecified atom stereocenters. The number of benzene rings is 2. The van der Waals surface area contributed by atoms with Crippen LogP contribution in [0.25, 0.3) is 22.0 Å². The van der Waals surface area contributed by atoms with E-state index in [0.717, 1.165) is 41.2 Å². The quantitative estimate of drug-likeness (QED) is 0.414. The summed E-state index contributed by atoms with van der Waals surface area (Å²) in [6.45, 7) is 0.952. The molecule has 162 valence electrons. The van der Waals surface area contributed by atoms with Crippen LogP contribution in [0.15, 0.2) is 72.2 Å². The maximum atomic E-state index is 13.2. The van der Waals surface area contributed by atoms with Crippen LogP contribution in [0.1, 0.15) is 22.6 Å². The van der Waals surface area contributed by atoms with Gasteiger partial charge in [0.2, 0.25) is 0 Å². The number of hydrogen-bond acceptors (Lipinski definition) is 6. The largest absolute Gasteiger partial charge is 0.320 e. The molecular weight excluding hydrogens is 418 g/mol. The molecule has 1 N–H and O–H groups in total. The molecule has 0 spiro atoms. The zero-order chi connectivity index (χ0) is 22.3. The number of anilines is 1. The zero-order valence-corrected chi connectivity index (χ0v) is 19.0. The molecule has 2 heterocycles. The van der Waals surface area contributed by atoms with E-state index in [1.54, 1.807) is 12.3 Å². The molecule has 32 heavy (non-hydrogen) atoms. The Morgan fingerprint density at radius 3 is 2.56 bits per heavy atom. The molecule has 6 nitrogen and oxygen atoms in total. The lowest BCUT2D eigenvalue weighted by molar-refractivity contribution is 0.102. The van der Waals surface area contributed by atoms with Crippen LogP contribution in [0.3, 0.4) is 0 Å². The van der Waals surface area contributed by atoms with Crippen molar-refractivity contribution in [3.05, 3.63) is 83.6 Å². The number of para-hydroxylation sites is 1. The summed E-state index contributed by atoms with van der Waals surface area (Å²) in [5.74, 6) is 0.300. The Bertz CT molecular complexity index is 1180. The van der Waals surface area contributed by atoms with Crippen LogP contribution >= 0.6 is 11.3 Å². The molecule has 0 aliphatic heterocycles. The first-order chi connectivity index (χ1) is 15.6. The standard InChI is InChI=1S/C25H25N5OS/c1-30(2)15-8-11-19-17-22(28-23(27-19)18-9-4-3-5-10-18)24(31)29-21-13-7-6-12-20(21)25-26-14-16-32-25/h3-7,9-10,12-14,16-17H,8,11,15H2,1-2H3,(H,29,31). The number of nitrogens with one attached hydrogen (secondary N) is 1. The third-order valence-electron chi connectivity index (χ3n) is 4.92. The summed E-state index contributed by atoms with van der Waals surface area (Å²) in [7, 11) is 4.10. The highest BCUT2D eigenvalue weighted by molar-refractivity contribution is 7.13. The smallest absolute Gasteiger partial charge is 0.274 e. The number of amides is 1. The van der Waals surface area contributed by atoms with Crippen molar-refractivity contribution in [2.45, 2.75) is 12.8 Å². The molecule has 1 amide bonds. The van der Waals surface area contributed by atoms with E-state index in [0.29, 0.717) is 17.2 Å². The topological polar surface area (TPSA) is 71.0 Å². The predicted octanol–water partition coefficient (Wildman–Crippen LogP) is 5.01. The summed E-state index contributed by atoms with van der Waals surface area (Å²) in [6.07, 6.45) is 3.48. The fourth-order valence-electron chi connectivity index (χ4n) is 3.36. The predicted molar refractivity (Wildman–Crippen MR) is 130 cm³/mol. The Morgan fingerprint density at radius 2 is 1.81 bits per heavy atom. The van der Waals surface area contributed by atoms with Crippen LogP contribution in [0.2, 0.25) is 0 Å². The van der Waals surface area contributed by atoms with Gasteiger partial charge in [-0.05, 0) is 51.7 Å². The highest BCUT2D eigenvalue weighted by Gasteiger charge is 2.16. The van der Waals surface area contributed by atoms with E-state index >= 15 is 0 Å². The zero-order valence-electron chi connectivity index (χ0n) is 18.2. The average molecular weight is 444 g/mol. The number of nitrogens with zero attached hydrogens (tertiary/aromatic N) is 4. The van der Waals surface area contributed by atoms with E-state index in [1.807, 2.05) is 74.1 Å². The second-order valence-corrected chi connectivity index (χ2v) is 8.57. The van der Waals surface area contributed by atoms with Crippen molar-refractivity contribution < 1.29 is 4.79 Å². The molecule has 0 aliphatic carbocycles. The number of hydrogen-bond donors (Lipinski definition) is 1. The second-order valence-electron chi connectivity index (χ2n) is 7.68. The van der Waals surface area contributed by atoms with Gasteiger partial charge in [0.05, 0.1) is 5.69 Å². The van der Waals surface area contributed by atoms with Crippen molar-refractivity contribution in [1.29, 1.82) is 0 Å². The van der Waals surface area contributed by atoms with E-state index in [1.165, 1.54) is 11.3 Å². The fraction of sp³-hybridized carbons (Fsp3) is 0.200. The number of aryl methyl sites for hydroxylation is 1. The Balaban J connectivity index is 1.64. The summed E-state index contributed by atoms with van der Waals surface area (Å²) in [5, 5.41) is 5.80. The lowest BCUT2D eigenvalue weighted by atomic mass is 10.1. The summed E-state index contributed by atoms with van der Waals surface area (Å²) >= 11 is 1.53. The van der Waals surface area contributed by atoms with Gasteiger partial charge < -0.3 is 10.2 Å². The molecule has 4 aromatic rings. The summed E-state index contributed by atoms with van der Waals surface area (Å²) in [5.41, 5.74) is 3.70. The van der Waals surface area contributed by atoms with E-state index in [9.17, 15) is 4.79 Å². The Kier molecular flexibility index (Phi) is 6.99. The lowest BCUT2D eigenvalue weighted by Crippen LogP contribution is -2.17. The molecule has 7 heteroatoms. The molecule has 0 atom stereocenters. The minimum atomic E-state index is -0.262. The minimum absolute atomic E-state index is 0.262. The van der Waals surface area contributed by atoms with Crippen LogP contribution in [-0.2, 0) is 6.42 Å². The van der Waals surface area contributed by atoms with Crippen molar-refractivity contribution in [2.75, 3.05) is 26.0 Å². The number of carbonyl (C=O) groups is 1. The molecular formula is C25H25N5OS. The van der Waals surface area contributed by atoms with Crippen molar-refractivity contribution in [3.63, 3.8) is 0 Å². The molecule has 2 aromatic carbocycles. The third kappa shape index (κ3) is 5.43. The first-order valence-corrected chi connectivity index (χ1v) is 11.4. The van der Waals surface area contributed by atoms with E-state index in [4.69, 9.17) is 4.98 Å². The van der Waals surface area contributed by atoms with Gasteiger partial charge in [0.1, 0.15) is 10.7 Å². The van der Waals surface area contributed by atoms with Gasteiger partial charge in [0, 0.05) is 28.4 Å². The normalized spacial score (nSPS) is 11.0. The highest BCUT2D eigenvalue weighted by Crippen LogP contribution is 2.29. The van der Waals surface area contributed by atoms with Gasteiger partial charge in [-0.15, -0.1) is 11.3 Å². The van der Waals surface area contributed by atoms with Crippen LogP contribution in [0, 0.1) is 0 Å². The average Bonchev–Trinajstić information content (AvgIpc) is 3.34.